The summed E-state index contributed by atoms with van der Waals surface area (Å²) in [4.78, 5) is 19.0. The van der Waals surface area contributed by atoms with E-state index in [9.17, 15) is 13.6 Å². The minimum Gasteiger partial charge on any atom is -0.345 e. The third kappa shape index (κ3) is 2.23. The Kier molecular flexibility index (Phi) is 2.90. The highest BCUT2D eigenvalue weighted by molar-refractivity contribution is 6.05. The Hall–Kier alpha value is -2.76. The fourth-order valence-corrected chi connectivity index (χ4v) is 1.85. The number of fused-ring (bicyclic) bond motifs is 1. The zero-order chi connectivity index (χ0) is 14.1. The molecule has 0 saturated carbocycles. The summed E-state index contributed by atoms with van der Waals surface area (Å²) >= 11 is 0. The molecule has 0 radical (unpaired) electrons. The molecule has 0 aliphatic rings. The molecule has 2 aromatic carbocycles. The largest absolute Gasteiger partial charge is 0.345 e. The second-order valence-corrected chi connectivity index (χ2v) is 4.22. The van der Waals surface area contributed by atoms with Crippen LogP contribution < -0.4 is 5.32 Å². The summed E-state index contributed by atoms with van der Waals surface area (Å²) < 4.78 is 25.9. The molecule has 1 heterocycles. The Balaban J connectivity index is 1.86. The normalized spacial score (nSPS) is 10.7. The second-order valence-electron chi connectivity index (χ2n) is 4.22. The lowest BCUT2D eigenvalue weighted by molar-refractivity contribution is 0.102. The number of nitrogens with one attached hydrogen (secondary N) is 2. The van der Waals surface area contributed by atoms with E-state index in [0.717, 1.165) is 23.2 Å². The van der Waals surface area contributed by atoms with Crippen molar-refractivity contribution in [2.24, 2.45) is 0 Å². The smallest absolute Gasteiger partial charge is 0.255 e. The van der Waals surface area contributed by atoms with Crippen molar-refractivity contribution in [2.45, 2.75) is 0 Å². The number of carbonyl (C=O) groups excluding carboxylic acids is 1. The van der Waals surface area contributed by atoms with E-state index < -0.39 is 17.5 Å². The van der Waals surface area contributed by atoms with E-state index in [4.69, 9.17) is 0 Å². The average molecular weight is 273 g/mol. The van der Waals surface area contributed by atoms with Gasteiger partial charge in [-0.1, -0.05) is 0 Å². The van der Waals surface area contributed by atoms with E-state index in [0.29, 0.717) is 5.56 Å². The quantitative estimate of drug-likeness (QED) is 0.753. The third-order valence-electron chi connectivity index (χ3n) is 2.86. The van der Waals surface area contributed by atoms with Gasteiger partial charge in [-0.2, -0.15) is 0 Å². The molecule has 0 fully saturated rings. The summed E-state index contributed by atoms with van der Waals surface area (Å²) in [6.45, 7) is 0. The van der Waals surface area contributed by atoms with E-state index in [1.54, 1.807) is 18.2 Å². The van der Waals surface area contributed by atoms with Gasteiger partial charge in [-0.25, -0.2) is 13.8 Å². The van der Waals surface area contributed by atoms with Crippen molar-refractivity contribution in [1.82, 2.24) is 9.97 Å². The van der Waals surface area contributed by atoms with Gasteiger partial charge < -0.3 is 10.3 Å². The van der Waals surface area contributed by atoms with Gasteiger partial charge >= 0.3 is 0 Å². The summed E-state index contributed by atoms with van der Waals surface area (Å²) in [7, 11) is 0. The Morgan fingerprint density at radius 1 is 1.10 bits per heavy atom. The number of halogens is 2. The topological polar surface area (TPSA) is 57.8 Å². The third-order valence-corrected chi connectivity index (χ3v) is 2.86. The Labute approximate surface area is 112 Å². The second kappa shape index (κ2) is 4.73. The zero-order valence-corrected chi connectivity index (χ0v) is 10.2. The number of anilines is 1. The number of hydrogen-bond donors (Lipinski definition) is 2. The maximum Gasteiger partial charge on any atom is 0.255 e. The highest BCUT2D eigenvalue weighted by atomic mass is 19.2. The van der Waals surface area contributed by atoms with Gasteiger partial charge in [-0.15, -0.1) is 0 Å². The lowest BCUT2D eigenvalue weighted by Gasteiger charge is -2.05. The summed E-state index contributed by atoms with van der Waals surface area (Å²) in [6, 6.07) is 8.14. The standard InChI is InChI=1S/C14H9F2N3O/c15-10-3-2-9(6-11(10)16)19-14(20)8-1-4-12-13(5-8)18-7-17-12/h1-7H,(H,17,18)(H,19,20). The summed E-state index contributed by atoms with van der Waals surface area (Å²) in [5.74, 6) is -2.37. The van der Waals surface area contributed by atoms with Crippen molar-refractivity contribution in [2.75, 3.05) is 5.32 Å². The molecule has 0 aliphatic carbocycles. The van der Waals surface area contributed by atoms with Crippen molar-refractivity contribution in [3.63, 3.8) is 0 Å². The molecule has 6 heteroatoms. The van der Waals surface area contributed by atoms with E-state index >= 15 is 0 Å². The molecular formula is C14H9F2N3O. The van der Waals surface area contributed by atoms with Crippen LogP contribution in [0.5, 0.6) is 0 Å². The number of H-pyrrole nitrogens is 1. The van der Waals surface area contributed by atoms with Gasteiger partial charge in [0.2, 0.25) is 0 Å². The molecule has 4 nitrogen and oxygen atoms in total. The van der Waals surface area contributed by atoms with Crippen LogP contribution in [0.1, 0.15) is 10.4 Å². The monoisotopic (exact) mass is 273 g/mol. The lowest BCUT2D eigenvalue weighted by atomic mass is 10.2. The van der Waals surface area contributed by atoms with Crippen LogP contribution >= 0.6 is 0 Å². The number of rotatable bonds is 2. The van der Waals surface area contributed by atoms with Gasteiger partial charge in [0.1, 0.15) is 0 Å². The molecule has 20 heavy (non-hydrogen) atoms. The molecule has 1 amide bonds. The molecule has 0 bridgehead atoms. The molecule has 1 aromatic heterocycles. The first-order valence-corrected chi connectivity index (χ1v) is 5.83. The maximum atomic E-state index is 13.1. The number of nitrogens with zero attached hydrogens (tertiary/aromatic N) is 1. The number of carbonyl (C=O) groups is 1. The molecule has 0 aliphatic heterocycles. The highest BCUT2D eigenvalue weighted by Gasteiger charge is 2.09. The number of amides is 1. The van der Waals surface area contributed by atoms with E-state index in [1.165, 1.54) is 12.4 Å². The van der Waals surface area contributed by atoms with Crippen LogP contribution in [0.3, 0.4) is 0 Å². The number of imidazole rings is 1. The molecule has 3 rings (SSSR count). The van der Waals surface area contributed by atoms with E-state index in [-0.39, 0.29) is 5.69 Å². The van der Waals surface area contributed by atoms with Crippen molar-refractivity contribution >= 4 is 22.6 Å². The van der Waals surface area contributed by atoms with Crippen LogP contribution in [0, 0.1) is 11.6 Å². The maximum absolute atomic E-state index is 13.1. The van der Waals surface area contributed by atoms with Crippen LogP contribution in [-0.4, -0.2) is 15.9 Å². The summed E-state index contributed by atoms with van der Waals surface area (Å²) in [5, 5.41) is 2.50. The molecule has 0 spiro atoms. The van der Waals surface area contributed by atoms with Crippen LogP contribution in [0.15, 0.2) is 42.7 Å². The fraction of sp³-hybridized carbons (Fsp3) is 0. The number of aromatic amines is 1. The Bertz CT molecular complexity index is 798. The molecule has 0 saturated heterocycles. The molecule has 2 N–H and O–H groups in total. The van der Waals surface area contributed by atoms with Crippen molar-refractivity contribution in [3.05, 3.63) is 59.9 Å². The minimum atomic E-state index is -1.01. The molecular weight excluding hydrogens is 264 g/mol. The number of aromatic nitrogens is 2. The lowest BCUT2D eigenvalue weighted by Crippen LogP contribution is -2.12. The Morgan fingerprint density at radius 3 is 2.75 bits per heavy atom. The molecule has 0 unspecified atom stereocenters. The average Bonchev–Trinajstić information content (AvgIpc) is 2.90. The predicted octanol–water partition coefficient (Wildman–Crippen LogP) is 3.09. The SMILES string of the molecule is O=C(Nc1ccc(F)c(F)c1)c1ccc2nc[nH]c2c1. The van der Waals surface area contributed by atoms with Crippen molar-refractivity contribution < 1.29 is 13.6 Å². The van der Waals surface area contributed by atoms with Crippen LogP contribution in [0.25, 0.3) is 11.0 Å². The number of benzene rings is 2. The first-order valence-electron chi connectivity index (χ1n) is 5.83. The van der Waals surface area contributed by atoms with Crippen LogP contribution in [0.4, 0.5) is 14.5 Å². The van der Waals surface area contributed by atoms with E-state index in [1.807, 2.05) is 0 Å². The molecule has 0 atom stereocenters. The molecule has 100 valence electrons. The van der Waals surface area contributed by atoms with Gasteiger partial charge in [0, 0.05) is 17.3 Å². The highest BCUT2D eigenvalue weighted by Crippen LogP contribution is 2.16. The van der Waals surface area contributed by atoms with Gasteiger partial charge in [0.15, 0.2) is 11.6 Å². The number of hydrogen-bond acceptors (Lipinski definition) is 2. The van der Waals surface area contributed by atoms with Crippen LogP contribution in [0.2, 0.25) is 0 Å². The van der Waals surface area contributed by atoms with Crippen molar-refractivity contribution in [3.8, 4) is 0 Å². The van der Waals surface area contributed by atoms with Gasteiger partial charge in [-0.05, 0) is 30.3 Å². The first-order chi connectivity index (χ1) is 9.63. The summed E-state index contributed by atoms with van der Waals surface area (Å²) in [6.07, 6.45) is 1.53. The molecule has 3 aromatic rings. The van der Waals surface area contributed by atoms with Gasteiger partial charge in [0.05, 0.1) is 17.4 Å². The van der Waals surface area contributed by atoms with Crippen molar-refractivity contribution in [1.29, 1.82) is 0 Å². The predicted molar refractivity (Wildman–Crippen MR) is 70.4 cm³/mol. The van der Waals surface area contributed by atoms with E-state index in [2.05, 4.69) is 15.3 Å². The summed E-state index contributed by atoms with van der Waals surface area (Å²) in [5.41, 5.74) is 2.06. The fourth-order valence-electron chi connectivity index (χ4n) is 1.85. The minimum absolute atomic E-state index is 0.193. The zero-order valence-electron chi connectivity index (χ0n) is 10.2. The van der Waals surface area contributed by atoms with Crippen LogP contribution in [-0.2, 0) is 0 Å². The first kappa shape index (κ1) is 12.3. The van der Waals surface area contributed by atoms with Gasteiger partial charge in [-0.3, -0.25) is 4.79 Å². The Morgan fingerprint density at radius 2 is 1.95 bits per heavy atom. The van der Waals surface area contributed by atoms with Gasteiger partial charge in [0.25, 0.3) is 5.91 Å².